The van der Waals surface area contributed by atoms with Crippen LogP contribution in [0.25, 0.3) is 22.2 Å². The number of fused-ring (bicyclic) bond motifs is 1. The minimum Gasteiger partial charge on any atom is -0.442 e. The summed E-state index contributed by atoms with van der Waals surface area (Å²) in [5, 5.41) is 5.24. The van der Waals surface area contributed by atoms with Crippen molar-refractivity contribution >= 4 is 17.0 Å². The van der Waals surface area contributed by atoms with E-state index in [1.54, 1.807) is 12.4 Å². The van der Waals surface area contributed by atoms with Gasteiger partial charge in [0.2, 0.25) is 6.29 Å². The molecular formula is C24H33N5O4. The highest BCUT2D eigenvalue weighted by Crippen LogP contribution is 2.30. The van der Waals surface area contributed by atoms with Gasteiger partial charge >= 0.3 is 6.09 Å². The average Bonchev–Trinajstić information content (AvgIpc) is 3.11. The molecule has 178 valence electrons. The van der Waals surface area contributed by atoms with Crippen molar-refractivity contribution in [1.82, 2.24) is 24.6 Å². The summed E-state index contributed by atoms with van der Waals surface area (Å²) < 4.78 is 18.4. The van der Waals surface area contributed by atoms with Crippen LogP contribution in [-0.4, -0.2) is 63.7 Å². The standard InChI is InChI=1S/C24H33N5O4/c1-8-31-22(32-9-2)21-18-11-19(17-10-16(12-25-13-17)15-28(6)7)26-14-20(18)29(27-21)23(30)33-24(3,4)5/h10-14,22H,8-9,15H2,1-7H3. The van der Waals surface area contributed by atoms with Crippen LogP contribution >= 0.6 is 0 Å². The lowest BCUT2D eigenvalue weighted by atomic mass is 10.1. The van der Waals surface area contributed by atoms with Gasteiger partial charge in [-0.3, -0.25) is 9.97 Å². The van der Waals surface area contributed by atoms with E-state index in [1.165, 1.54) is 4.68 Å². The van der Waals surface area contributed by atoms with Crippen molar-refractivity contribution < 1.29 is 19.0 Å². The summed E-state index contributed by atoms with van der Waals surface area (Å²) >= 11 is 0. The number of carbonyl (C=O) groups is 1. The van der Waals surface area contributed by atoms with Gasteiger partial charge in [0, 0.05) is 43.1 Å². The molecule has 0 spiro atoms. The van der Waals surface area contributed by atoms with Crippen LogP contribution in [0.4, 0.5) is 4.79 Å². The fourth-order valence-electron chi connectivity index (χ4n) is 3.40. The summed E-state index contributed by atoms with van der Waals surface area (Å²) in [7, 11) is 4.02. The van der Waals surface area contributed by atoms with Gasteiger partial charge in [0.05, 0.1) is 17.4 Å². The van der Waals surface area contributed by atoms with Gasteiger partial charge in [0.1, 0.15) is 11.3 Å². The minimum absolute atomic E-state index is 0.430. The number of hydrogen-bond acceptors (Lipinski definition) is 8. The Morgan fingerprint density at radius 3 is 2.39 bits per heavy atom. The Labute approximate surface area is 194 Å². The summed E-state index contributed by atoms with van der Waals surface area (Å²) in [6, 6.07) is 3.95. The zero-order chi connectivity index (χ0) is 24.2. The van der Waals surface area contributed by atoms with Crippen LogP contribution in [0.2, 0.25) is 0 Å². The summed E-state index contributed by atoms with van der Waals surface area (Å²) in [6.45, 7) is 10.8. The van der Waals surface area contributed by atoms with Crippen molar-refractivity contribution in [2.24, 2.45) is 0 Å². The Hall–Kier alpha value is -2.88. The van der Waals surface area contributed by atoms with Crippen molar-refractivity contribution in [1.29, 1.82) is 0 Å². The molecule has 0 saturated carbocycles. The molecule has 0 radical (unpaired) electrons. The zero-order valence-electron chi connectivity index (χ0n) is 20.5. The molecule has 0 N–H and O–H groups in total. The molecule has 0 aromatic carbocycles. The van der Waals surface area contributed by atoms with Crippen molar-refractivity contribution in [2.75, 3.05) is 27.3 Å². The normalized spacial score (nSPS) is 12.2. The van der Waals surface area contributed by atoms with Crippen LogP contribution in [0.1, 0.15) is 52.2 Å². The lowest BCUT2D eigenvalue weighted by Crippen LogP contribution is -2.28. The highest BCUT2D eigenvalue weighted by molar-refractivity contribution is 5.91. The second-order valence-electron chi connectivity index (χ2n) is 8.93. The molecule has 0 aliphatic carbocycles. The molecule has 0 bridgehead atoms. The van der Waals surface area contributed by atoms with E-state index in [2.05, 4.69) is 26.0 Å². The lowest BCUT2D eigenvalue weighted by molar-refractivity contribution is -0.142. The molecule has 3 heterocycles. The maximum Gasteiger partial charge on any atom is 0.435 e. The molecule has 0 aliphatic rings. The van der Waals surface area contributed by atoms with E-state index in [-0.39, 0.29) is 0 Å². The molecule has 0 aliphatic heterocycles. The van der Waals surface area contributed by atoms with Crippen LogP contribution in [-0.2, 0) is 20.8 Å². The molecule has 3 rings (SSSR count). The van der Waals surface area contributed by atoms with Gasteiger partial charge in [-0.1, -0.05) is 0 Å². The molecule has 0 amide bonds. The third kappa shape index (κ3) is 6.13. The Morgan fingerprint density at radius 2 is 1.79 bits per heavy atom. The summed E-state index contributed by atoms with van der Waals surface area (Å²) in [4.78, 5) is 23.9. The molecule has 33 heavy (non-hydrogen) atoms. The van der Waals surface area contributed by atoms with Crippen molar-refractivity contribution in [3.05, 3.63) is 42.0 Å². The second kappa shape index (κ2) is 10.4. The SMILES string of the molecule is CCOC(OCC)c1nn(C(=O)OC(C)(C)C)c2cnc(-c3cncc(CN(C)C)c3)cc12. The molecule has 3 aromatic rings. The van der Waals surface area contributed by atoms with Crippen LogP contribution in [0.5, 0.6) is 0 Å². The van der Waals surface area contributed by atoms with E-state index in [9.17, 15) is 4.79 Å². The van der Waals surface area contributed by atoms with Crippen LogP contribution < -0.4 is 0 Å². The van der Waals surface area contributed by atoms with E-state index in [0.717, 1.165) is 17.7 Å². The fourth-order valence-corrected chi connectivity index (χ4v) is 3.40. The monoisotopic (exact) mass is 455 g/mol. The molecule has 9 heteroatoms. The van der Waals surface area contributed by atoms with Gasteiger partial charge in [-0.15, -0.1) is 0 Å². The maximum atomic E-state index is 12.9. The van der Waals surface area contributed by atoms with Crippen LogP contribution in [0, 0.1) is 0 Å². The fraction of sp³-hybridized carbons (Fsp3) is 0.500. The average molecular weight is 456 g/mol. The van der Waals surface area contributed by atoms with Gasteiger partial charge < -0.3 is 19.1 Å². The lowest BCUT2D eigenvalue weighted by Gasteiger charge is -2.19. The topological polar surface area (TPSA) is 91.6 Å². The highest BCUT2D eigenvalue weighted by atomic mass is 16.7. The highest BCUT2D eigenvalue weighted by Gasteiger charge is 2.27. The molecule has 9 nitrogen and oxygen atoms in total. The third-order valence-corrected chi connectivity index (χ3v) is 4.61. The van der Waals surface area contributed by atoms with Gasteiger partial charge in [-0.2, -0.15) is 9.78 Å². The number of nitrogens with zero attached hydrogens (tertiary/aromatic N) is 5. The minimum atomic E-state index is -0.723. The smallest absolute Gasteiger partial charge is 0.435 e. The number of aromatic nitrogens is 4. The van der Waals surface area contributed by atoms with Crippen LogP contribution in [0.3, 0.4) is 0 Å². The summed E-state index contributed by atoms with van der Waals surface area (Å²) in [6.07, 6.45) is 3.93. The van der Waals surface area contributed by atoms with E-state index >= 15 is 0 Å². The molecule has 3 aromatic heterocycles. The molecule has 0 atom stereocenters. The molecule has 0 unspecified atom stereocenters. The number of carbonyl (C=O) groups excluding carboxylic acids is 1. The first kappa shape index (κ1) is 24.8. The first-order valence-corrected chi connectivity index (χ1v) is 11.1. The van der Waals surface area contributed by atoms with E-state index in [4.69, 9.17) is 14.2 Å². The molecular weight excluding hydrogens is 422 g/mol. The predicted molar refractivity (Wildman–Crippen MR) is 126 cm³/mol. The number of pyridine rings is 2. The maximum absolute atomic E-state index is 12.9. The summed E-state index contributed by atoms with van der Waals surface area (Å²) in [5.74, 6) is 0. The number of rotatable bonds is 8. The zero-order valence-corrected chi connectivity index (χ0v) is 20.5. The number of ether oxygens (including phenoxy) is 3. The van der Waals surface area contributed by atoms with Gasteiger partial charge in [0.25, 0.3) is 0 Å². The van der Waals surface area contributed by atoms with Gasteiger partial charge in [-0.25, -0.2) is 4.79 Å². The quantitative estimate of drug-likeness (QED) is 0.461. The van der Waals surface area contributed by atoms with Gasteiger partial charge in [-0.05, 0) is 66.4 Å². The van der Waals surface area contributed by atoms with E-state index in [0.29, 0.717) is 35.5 Å². The van der Waals surface area contributed by atoms with Gasteiger partial charge in [0.15, 0.2) is 0 Å². The first-order chi connectivity index (χ1) is 15.6. The first-order valence-electron chi connectivity index (χ1n) is 11.1. The molecule has 0 fully saturated rings. The predicted octanol–water partition coefficient (Wildman–Crippen LogP) is 4.41. The van der Waals surface area contributed by atoms with E-state index in [1.807, 2.05) is 61.0 Å². The Kier molecular flexibility index (Phi) is 7.78. The third-order valence-electron chi connectivity index (χ3n) is 4.61. The Bertz CT molecular complexity index is 1100. The van der Waals surface area contributed by atoms with E-state index < -0.39 is 18.0 Å². The van der Waals surface area contributed by atoms with Crippen LogP contribution in [0.15, 0.2) is 30.7 Å². The Morgan fingerprint density at radius 1 is 1.09 bits per heavy atom. The van der Waals surface area contributed by atoms with Crippen molar-refractivity contribution in [3.63, 3.8) is 0 Å². The number of hydrogen-bond donors (Lipinski definition) is 0. The van der Waals surface area contributed by atoms with Crippen molar-refractivity contribution in [3.8, 4) is 11.3 Å². The summed E-state index contributed by atoms with van der Waals surface area (Å²) in [5.41, 5.74) is 3.01. The Balaban J connectivity index is 2.14. The van der Waals surface area contributed by atoms with Crippen molar-refractivity contribution in [2.45, 2.75) is 53.1 Å². The second-order valence-corrected chi connectivity index (χ2v) is 8.93. The molecule has 0 saturated heterocycles. The largest absolute Gasteiger partial charge is 0.442 e.